The summed E-state index contributed by atoms with van der Waals surface area (Å²) in [5.74, 6) is 0. The second-order valence-electron chi connectivity index (χ2n) is 2.77. The van der Waals surface area contributed by atoms with Gasteiger partial charge < -0.3 is 10.3 Å². The number of imidazole rings is 1. The Morgan fingerprint density at radius 2 is 2.29 bits per heavy atom. The predicted molar refractivity (Wildman–Crippen MR) is 52.3 cm³/mol. The van der Waals surface area contributed by atoms with Crippen molar-refractivity contribution >= 4 is 10.0 Å². The Morgan fingerprint density at radius 1 is 1.50 bits per heavy atom. The summed E-state index contributed by atoms with van der Waals surface area (Å²) in [7, 11) is -1.57. The zero-order chi connectivity index (χ0) is 10.4. The van der Waals surface area contributed by atoms with Crippen molar-refractivity contribution in [1.29, 1.82) is 0 Å². The summed E-state index contributed by atoms with van der Waals surface area (Å²) in [5.41, 5.74) is 0. The molecule has 3 N–H and O–H groups in total. The molecule has 14 heavy (non-hydrogen) atoms. The molecular formula is C7H14N4O2S. The van der Waals surface area contributed by atoms with E-state index < -0.39 is 10.0 Å². The van der Waals surface area contributed by atoms with Gasteiger partial charge in [-0.05, 0) is 20.0 Å². The summed E-state index contributed by atoms with van der Waals surface area (Å²) in [4.78, 5) is 6.19. The van der Waals surface area contributed by atoms with E-state index in [0.29, 0.717) is 6.54 Å². The third kappa shape index (κ3) is 3.09. The largest absolute Gasteiger partial charge is 0.335 e. The van der Waals surface area contributed by atoms with E-state index in [9.17, 15) is 8.42 Å². The molecule has 1 aromatic rings. The van der Waals surface area contributed by atoms with Crippen LogP contribution in [-0.2, 0) is 10.0 Å². The lowest BCUT2D eigenvalue weighted by Crippen LogP contribution is -2.27. The van der Waals surface area contributed by atoms with E-state index in [2.05, 4.69) is 20.0 Å². The molecule has 0 saturated heterocycles. The van der Waals surface area contributed by atoms with E-state index in [1.54, 1.807) is 0 Å². The molecular weight excluding hydrogens is 204 g/mol. The van der Waals surface area contributed by atoms with Gasteiger partial charge >= 0.3 is 0 Å². The number of sulfonamides is 1. The van der Waals surface area contributed by atoms with Crippen LogP contribution in [0.2, 0.25) is 0 Å². The second-order valence-corrected chi connectivity index (χ2v) is 4.51. The summed E-state index contributed by atoms with van der Waals surface area (Å²) in [6.07, 6.45) is 3.37. The number of nitrogens with zero attached hydrogens (tertiary/aromatic N) is 1. The number of hydrogen-bond acceptors (Lipinski definition) is 4. The lowest BCUT2D eigenvalue weighted by atomic mass is 10.4. The molecule has 0 bridgehead atoms. The Kier molecular flexibility index (Phi) is 4.05. The molecule has 0 aromatic carbocycles. The van der Waals surface area contributed by atoms with Gasteiger partial charge in [-0.1, -0.05) is 0 Å². The van der Waals surface area contributed by atoms with E-state index >= 15 is 0 Å². The molecule has 1 rings (SSSR count). The molecule has 0 radical (unpaired) electrons. The highest BCUT2D eigenvalue weighted by Crippen LogP contribution is 2.00. The fourth-order valence-corrected chi connectivity index (χ4v) is 1.92. The van der Waals surface area contributed by atoms with Gasteiger partial charge in [0.1, 0.15) is 0 Å². The van der Waals surface area contributed by atoms with E-state index in [4.69, 9.17) is 0 Å². The van der Waals surface area contributed by atoms with Crippen molar-refractivity contribution in [2.24, 2.45) is 0 Å². The summed E-state index contributed by atoms with van der Waals surface area (Å²) in [6.45, 7) is 1.20. The highest BCUT2D eigenvalue weighted by Gasteiger charge is 2.13. The first-order valence-corrected chi connectivity index (χ1v) is 5.78. The van der Waals surface area contributed by atoms with Crippen molar-refractivity contribution in [2.45, 2.75) is 11.4 Å². The minimum Gasteiger partial charge on any atom is -0.335 e. The molecule has 0 aliphatic rings. The minimum absolute atomic E-state index is 0.0990. The van der Waals surface area contributed by atoms with Crippen molar-refractivity contribution < 1.29 is 8.42 Å². The van der Waals surface area contributed by atoms with Gasteiger partial charge in [-0.2, -0.15) is 0 Å². The summed E-state index contributed by atoms with van der Waals surface area (Å²) >= 11 is 0. The van der Waals surface area contributed by atoms with Crippen LogP contribution in [0.3, 0.4) is 0 Å². The van der Waals surface area contributed by atoms with Gasteiger partial charge in [0.25, 0.3) is 10.0 Å². The lowest BCUT2D eigenvalue weighted by molar-refractivity contribution is 0.574. The van der Waals surface area contributed by atoms with Crippen LogP contribution in [0, 0.1) is 0 Å². The molecule has 6 nitrogen and oxygen atoms in total. The first kappa shape index (κ1) is 11.2. The van der Waals surface area contributed by atoms with Gasteiger partial charge in [-0.15, -0.1) is 0 Å². The molecule has 1 aromatic heterocycles. The van der Waals surface area contributed by atoms with Crippen LogP contribution in [0.25, 0.3) is 0 Å². The highest BCUT2D eigenvalue weighted by atomic mass is 32.2. The monoisotopic (exact) mass is 218 g/mol. The number of hydrogen-bond donors (Lipinski definition) is 3. The molecule has 1 heterocycles. The van der Waals surface area contributed by atoms with Crippen LogP contribution in [0.15, 0.2) is 17.6 Å². The normalized spacial score (nSPS) is 11.8. The summed E-state index contributed by atoms with van der Waals surface area (Å²) in [6, 6.07) is 0. The van der Waals surface area contributed by atoms with E-state index in [1.807, 2.05) is 7.05 Å². The Morgan fingerprint density at radius 3 is 2.86 bits per heavy atom. The van der Waals surface area contributed by atoms with E-state index in [1.165, 1.54) is 12.5 Å². The van der Waals surface area contributed by atoms with Crippen LogP contribution < -0.4 is 10.0 Å². The van der Waals surface area contributed by atoms with E-state index in [0.717, 1.165) is 13.0 Å². The Bertz CT molecular complexity index is 346. The zero-order valence-electron chi connectivity index (χ0n) is 7.95. The SMILES string of the molecule is CNCCCNS(=O)(=O)c1cnc[nH]1. The van der Waals surface area contributed by atoms with Gasteiger partial charge in [0, 0.05) is 6.54 Å². The van der Waals surface area contributed by atoms with Crippen molar-refractivity contribution in [3.05, 3.63) is 12.5 Å². The van der Waals surface area contributed by atoms with Crippen molar-refractivity contribution in [2.75, 3.05) is 20.1 Å². The maximum absolute atomic E-state index is 11.5. The molecule has 0 unspecified atom stereocenters. The summed E-state index contributed by atoms with van der Waals surface area (Å²) in [5, 5.41) is 3.03. The first-order valence-electron chi connectivity index (χ1n) is 4.29. The maximum Gasteiger partial charge on any atom is 0.257 e. The molecule has 0 aliphatic carbocycles. The Balaban J connectivity index is 2.44. The smallest absolute Gasteiger partial charge is 0.257 e. The number of H-pyrrole nitrogens is 1. The van der Waals surface area contributed by atoms with Crippen molar-refractivity contribution in [1.82, 2.24) is 20.0 Å². The Hall–Kier alpha value is -0.920. The molecule has 0 fully saturated rings. The number of aromatic nitrogens is 2. The average Bonchev–Trinajstić information content (AvgIpc) is 2.65. The topological polar surface area (TPSA) is 86.9 Å². The van der Waals surface area contributed by atoms with Gasteiger partial charge in [-0.25, -0.2) is 18.1 Å². The number of nitrogens with one attached hydrogen (secondary N) is 3. The summed E-state index contributed by atoms with van der Waals surface area (Å²) < 4.78 is 25.4. The third-order valence-corrected chi connectivity index (χ3v) is 3.04. The zero-order valence-corrected chi connectivity index (χ0v) is 8.76. The molecule has 0 aliphatic heterocycles. The van der Waals surface area contributed by atoms with Crippen LogP contribution in [0.4, 0.5) is 0 Å². The van der Waals surface area contributed by atoms with Crippen LogP contribution in [0.1, 0.15) is 6.42 Å². The second kappa shape index (κ2) is 5.08. The fraction of sp³-hybridized carbons (Fsp3) is 0.571. The Labute approximate surface area is 83.2 Å². The molecule has 0 spiro atoms. The van der Waals surface area contributed by atoms with Crippen molar-refractivity contribution in [3.8, 4) is 0 Å². The first-order chi connectivity index (χ1) is 6.67. The molecule has 0 atom stereocenters. The third-order valence-electron chi connectivity index (χ3n) is 1.66. The predicted octanol–water partition coefficient (Wildman–Crippen LogP) is -0.702. The maximum atomic E-state index is 11.5. The van der Waals surface area contributed by atoms with Gasteiger partial charge in [0.2, 0.25) is 0 Å². The van der Waals surface area contributed by atoms with E-state index in [-0.39, 0.29) is 5.03 Å². The molecule has 0 saturated carbocycles. The minimum atomic E-state index is -3.39. The fourth-order valence-electron chi connectivity index (χ4n) is 0.940. The van der Waals surface area contributed by atoms with Gasteiger partial charge in [-0.3, -0.25) is 0 Å². The molecule has 80 valence electrons. The number of aromatic amines is 1. The lowest BCUT2D eigenvalue weighted by Gasteiger charge is -2.03. The molecule has 7 heteroatoms. The highest BCUT2D eigenvalue weighted by molar-refractivity contribution is 7.89. The average molecular weight is 218 g/mol. The van der Waals surface area contributed by atoms with Crippen LogP contribution >= 0.6 is 0 Å². The van der Waals surface area contributed by atoms with Gasteiger partial charge in [0.05, 0.1) is 12.5 Å². The van der Waals surface area contributed by atoms with Crippen molar-refractivity contribution in [3.63, 3.8) is 0 Å². The standard InChI is InChI=1S/C7H14N4O2S/c1-8-3-2-4-11-14(12,13)7-5-9-6-10-7/h5-6,8,11H,2-4H2,1H3,(H,9,10). The number of rotatable bonds is 6. The van der Waals surface area contributed by atoms with Crippen LogP contribution in [-0.4, -0.2) is 38.5 Å². The quantitative estimate of drug-likeness (QED) is 0.551. The van der Waals surface area contributed by atoms with Gasteiger partial charge in [0.15, 0.2) is 5.03 Å². The van der Waals surface area contributed by atoms with Crippen LogP contribution in [0.5, 0.6) is 0 Å². The molecule has 0 amide bonds.